The number of hydrogen-bond acceptors (Lipinski definition) is 5. The normalized spacial score (nSPS) is 16.3. The Kier molecular flexibility index (Phi) is 4.48. The minimum atomic E-state index is -0.162. The summed E-state index contributed by atoms with van der Waals surface area (Å²) in [5.74, 6) is 0.388. The van der Waals surface area contributed by atoms with Crippen molar-refractivity contribution in [2.75, 3.05) is 13.2 Å². The lowest BCUT2D eigenvalue weighted by Gasteiger charge is -2.28. The molecule has 1 unspecified atom stereocenters. The molecule has 1 saturated heterocycles. The Morgan fingerprint density at radius 2 is 2.00 bits per heavy atom. The van der Waals surface area contributed by atoms with Gasteiger partial charge in [0.1, 0.15) is 0 Å². The average Bonchev–Trinajstić information content (AvgIpc) is 3.41. The lowest BCUT2D eigenvalue weighted by atomic mass is 9.93. The van der Waals surface area contributed by atoms with Gasteiger partial charge in [0.25, 0.3) is 0 Å². The quantitative estimate of drug-likeness (QED) is 0.579. The summed E-state index contributed by atoms with van der Waals surface area (Å²) in [6, 6.07) is 9.88. The Balaban J connectivity index is 1.52. The fourth-order valence-electron chi connectivity index (χ4n) is 4.03. The molecule has 3 aromatic heterocycles. The second-order valence-corrected chi connectivity index (χ2v) is 7.42. The fourth-order valence-corrected chi connectivity index (χ4v) is 4.03. The summed E-state index contributed by atoms with van der Waals surface area (Å²) in [5.41, 5.74) is 3.60. The van der Waals surface area contributed by atoms with E-state index in [0.717, 1.165) is 43.0 Å². The van der Waals surface area contributed by atoms with Crippen molar-refractivity contribution in [3.05, 3.63) is 59.4 Å². The first-order valence-corrected chi connectivity index (χ1v) is 9.86. The minimum absolute atomic E-state index is 0.0342. The highest BCUT2D eigenvalue weighted by molar-refractivity contribution is 5.71. The summed E-state index contributed by atoms with van der Waals surface area (Å²) in [5, 5.41) is 4.25. The Bertz CT molecular complexity index is 1170. The van der Waals surface area contributed by atoms with E-state index in [2.05, 4.69) is 22.0 Å². The molecule has 1 atom stereocenters. The second-order valence-electron chi connectivity index (χ2n) is 7.42. The van der Waals surface area contributed by atoms with Gasteiger partial charge in [0, 0.05) is 37.2 Å². The van der Waals surface area contributed by atoms with Crippen molar-refractivity contribution in [1.82, 2.24) is 29.3 Å². The highest BCUT2D eigenvalue weighted by Gasteiger charge is 2.25. The topological polar surface area (TPSA) is 90.6 Å². The van der Waals surface area contributed by atoms with Crippen LogP contribution in [-0.4, -0.2) is 42.5 Å². The van der Waals surface area contributed by atoms with Gasteiger partial charge in [-0.25, -0.2) is 19.4 Å². The lowest BCUT2D eigenvalue weighted by molar-refractivity contribution is 0.0514. The largest absolute Gasteiger partial charge is 0.381 e. The van der Waals surface area contributed by atoms with E-state index in [0.29, 0.717) is 17.2 Å². The molecular formula is C21H22N6O2. The molecule has 0 spiro atoms. The second kappa shape index (κ2) is 7.29. The van der Waals surface area contributed by atoms with Gasteiger partial charge in [-0.2, -0.15) is 5.10 Å². The summed E-state index contributed by atoms with van der Waals surface area (Å²) >= 11 is 0. The SMILES string of the molecule is CC(C1CCOCC1)n1c(=O)[nH]c2ncc(-c3ccc(-n4cccn4)cc3)nc21. The molecule has 4 heterocycles. The highest BCUT2D eigenvalue weighted by Crippen LogP contribution is 2.29. The van der Waals surface area contributed by atoms with Crippen LogP contribution in [0.1, 0.15) is 25.8 Å². The number of aromatic amines is 1. The van der Waals surface area contributed by atoms with Gasteiger partial charge in [-0.15, -0.1) is 0 Å². The molecule has 0 radical (unpaired) electrons. The Hall–Kier alpha value is -3.26. The van der Waals surface area contributed by atoms with Crippen LogP contribution in [0.5, 0.6) is 0 Å². The van der Waals surface area contributed by atoms with Crippen molar-refractivity contribution < 1.29 is 4.74 Å². The van der Waals surface area contributed by atoms with Crippen LogP contribution in [0.15, 0.2) is 53.7 Å². The number of H-pyrrole nitrogens is 1. The van der Waals surface area contributed by atoms with E-state index in [4.69, 9.17) is 9.72 Å². The number of fused-ring (bicyclic) bond motifs is 1. The van der Waals surface area contributed by atoms with Gasteiger partial charge in [-0.05, 0) is 43.9 Å². The molecule has 0 amide bonds. The van der Waals surface area contributed by atoms with Gasteiger partial charge >= 0.3 is 5.69 Å². The van der Waals surface area contributed by atoms with Crippen LogP contribution in [0.25, 0.3) is 28.2 Å². The Morgan fingerprint density at radius 1 is 1.21 bits per heavy atom. The molecule has 1 N–H and O–H groups in total. The third kappa shape index (κ3) is 3.25. The first kappa shape index (κ1) is 17.8. The van der Waals surface area contributed by atoms with E-state index < -0.39 is 0 Å². The van der Waals surface area contributed by atoms with Crippen LogP contribution in [0, 0.1) is 5.92 Å². The zero-order chi connectivity index (χ0) is 19.8. The van der Waals surface area contributed by atoms with E-state index >= 15 is 0 Å². The molecule has 8 heteroatoms. The number of rotatable bonds is 4. The molecule has 29 heavy (non-hydrogen) atoms. The summed E-state index contributed by atoms with van der Waals surface area (Å²) < 4.78 is 9.02. The lowest BCUT2D eigenvalue weighted by Crippen LogP contribution is -2.29. The van der Waals surface area contributed by atoms with E-state index in [1.165, 1.54) is 0 Å². The van der Waals surface area contributed by atoms with Crippen LogP contribution < -0.4 is 5.69 Å². The van der Waals surface area contributed by atoms with E-state index in [9.17, 15) is 4.79 Å². The molecular weight excluding hydrogens is 368 g/mol. The smallest absolute Gasteiger partial charge is 0.329 e. The van der Waals surface area contributed by atoms with Crippen LogP contribution in [0.4, 0.5) is 0 Å². The Labute approximate surface area is 167 Å². The molecule has 0 bridgehead atoms. The van der Waals surface area contributed by atoms with Gasteiger partial charge < -0.3 is 4.74 Å². The average molecular weight is 390 g/mol. The molecule has 0 aliphatic carbocycles. The van der Waals surface area contributed by atoms with Gasteiger partial charge in [0.15, 0.2) is 11.3 Å². The number of nitrogens with one attached hydrogen (secondary N) is 1. The summed E-state index contributed by atoms with van der Waals surface area (Å²) in [7, 11) is 0. The van der Waals surface area contributed by atoms with Crippen LogP contribution in [-0.2, 0) is 4.74 Å². The van der Waals surface area contributed by atoms with E-state index in [1.807, 2.05) is 36.5 Å². The number of ether oxygens (including phenoxy) is 1. The zero-order valence-electron chi connectivity index (χ0n) is 16.2. The van der Waals surface area contributed by atoms with Crippen LogP contribution in [0.3, 0.4) is 0 Å². The maximum atomic E-state index is 12.6. The molecule has 1 aliphatic heterocycles. The van der Waals surface area contributed by atoms with Crippen molar-refractivity contribution >= 4 is 11.3 Å². The maximum absolute atomic E-state index is 12.6. The third-order valence-electron chi connectivity index (χ3n) is 5.71. The number of benzene rings is 1. The Morgan fingerprint density at radius 3 is 2.72 bits per heavy atom. The van der Waals surface area contributed by atoms with E-state index in [-0.39, 0.29) is 11.7 Å². The van der Waals surface area contributed by atoms with Crippen LogP contribution in [0.2, 0.25) is 0 Å². The maximum Gasteiger partial charge on any atom is 0.329 e. The molecule has 8 nitrogen and oxygen atoms in total. The van der Waals surface area contributed by atoms with E-state index in [1.54, 1.807) is 21.6 Å². The van der Waals surface area contributed by atoms with Crippen LogP contribution >= 0.6 is 0 Å². The predicted molar refractivity (Wildman–Crippen MR) is 109 cm³/mol. The highest BCUT2D eigenvalue weighted by atomic mass is 16.5. The van der Waals surface area contributed by atoms with Crippen molar-refractivity contribution in [1.29, 1.82) is 0 Å². The molecule has 4 aromatic rings. The van der Waals surface area contributed by atoms with Gasteiger partial charge in [-0.3, -0.25) is 9.55 Å². The first-order chi connectivity index (χ1) is 14.2. The number of nitrogens with zero attached hydrogens (tertiary/aromatic N) is 5. The minimum Gasteiger partial charge on any atom is -0.381 e. The van der Waals surface area contributed by atoms with Gasteiger partial charge in [-0.1, -0.05) is 12.1 Å². The fraction of sp³-hybridized carbons (Fsp3) is 0.333. The zero-order valence-corrected chi connectivity index (χ0v) is 16.2. The molecule has 1 aliphatic rings. The monoisotopic (exact) mass is 390 g/mol. The summed E-state index contributed by atoms with van der Waals surface area (Å²) in [6.45, 7) is 3.56. The molecule has 1 fully saturated rings. The molecule has 1 aromatic carbocycles. The number of hydrogen-bond donors (Lipinski definition) is 1. The molecule has 0 saturated carbocycles. The molecule has 148 valence electrons. The van der Waals surface area contributed by atoms with Gasteiger partial charge in [0.05, 0.1) is 17.6 Å². The van der Waals surface area contributed by atoms with Crippen molar-refractivity contribution in [3.63, 3.8) is 0 Å². The first-order valence-electron chi connectivity index (χ1n) is 9.86. The standard InChI is InChI=1S/C21H22N6O2/c1-14(15-7-11-29-12-8-15)27-20-19(25-21(27)28)22-13-18(24-20)16-3-5-17(6-4-16)26-10-2-9-23-26/h2-6,9-10,13-15H,7-8,11-12H2,1H3,(H,22,25,28). The molecule has 5 rings (SSSR count). The number of imidazole rings is 1. The summed E-state index contributed by atoms with van der Waals surface area (Å²) in [6.07, 6.45) is 7.24. The van der Waals surface area contributed by atoms with Gasteiger partial charge in [0.2, 0.25) is 0 Å². The van der Waals surface area contributed by atoms with Crippen molar-refractivity contribution in [2.24, 2.45) is 5.92 Å². The van der Waals surface area contributed by atoms with Crippen molar-refractivity contribution in [3.8, 4) is 16.9 Å². The summed E-state index contributed by atoms with van der Waals surface area (Å²) in [4.78, 5) is 24.7. The number of aromatic nitrogens is 6. The third-order valence-corrected chi connectivity index (χ3v) is 5.71. The predicted octanol–water partition coefficient (Wildman–Crippen LogP) is 2.96. The van der Waals surface area contributed by atoms with Crippen molar-refractivity contribution in [2.45, 2.75) is 25.8 Å².